The van der Waals surface area contributed by atoms with Gasteiger partial charge in [-0.1, -0.05) is 12.1 Å². The molecule has 0 atom stereocenters. The number of benzene rings is 2. The molecule has 4 aromatic rings. The molecule has 5 rings (SSSR count). The number of carbonyl (C=O) groups excluding carboxylic acids is 1. The van der Waals surface area contributed by atoms with Crippen LogP contribution in [0.5, 0.6) is 5.75 Å². The zero-order valence-corrected chi connectivity index (χ0v) is 18.5. The van der Waals surface area contributed by atoms with Gasteiger partial charge in [-0.3, -0.25) is 4.79 Å². The number of ether oxygens (including phenoxy) is 1. The molecule has 1 aliphatic rings. The maximum atomic E-state index is 13.2. The van der Waals surface area contributed by atoms with Crippen LogP contribution >= 0.6 is 15.9 Å². The summed E-state index contributed by atoms with van der Waals surface area (Å²) < 4.78 is 17.6. The smallest absolute Gasteiger partial charge is 0.248 e. The van der Waals surface area contributed by atoms with E-state index in [2.05, 4.69) is 26.1 Å². The van der Waals surface area contributed by atoms with Crippen molar-refractivity contribution in [1.29, 1.82) is 0 Å². The van der Waals surface area contributed by atoms with Gasteiger partial charge >= 0.3 is 0 Å². The SMILES string of the molecule is COc1ccc2c(CC(=O)N(Cc3nnc(-c4ccccc4Br)o3)C3CC3)coc2c1. The molecule has 0 bridgehead atoms. The third kappa shape index (κ3) is 4.07. The number of hydrogen-bond acceptors (Lipinski definition) is 6. The summed E-state index contributed by atoms with van der Waals surface area (Å²) >= 11 is 3.50. The van der Waals surface area contributed by atoms with Gasteiger partial charge < -0.3 is 18.5 Å². The molecule has 158 valence electrons. The number of hydrogen-bond donors (Lipinski definition) is 0. The number of fused-ring (bicyclic) bond motifs is 1. The molecule has 0 N–H and O–H groups in total. The van der Waals surface area contributed by atoms with Crippen LogP contribution in [0.4, 0.5) is 0 Å². The van der Waals surface area contributed by atoms with Gasteiger partial charge in [0, 0.05) is 27.5 Å². The molecule has 0 radical (unpaired) electrons. The van der Waals surface area contributed by atoms with Gasteiger partial charge in [0.25, 0.3) is 0 Å². The second-order valence-electron chi connectivity index (χ2n) is 7.53. The molecule has 1 fully saturated rings. The van der Waals surface area contributed by atoms with Gasteiger partial charge in [0.05, 0.1) is 31.9 Å². The van der Waals surface area contributed by atoms with Crippen molar-refractivity contribution in [1.82, 2.24) is 15.1 Å². The first kappa shape index (κ1) is 19.8. The monoisotopic (exact) mass is 481 g/mol. The van der Waals surface area contributed by atoms with E-state index in [0.717, 1.165) is 39.6 Å². The summed E-state index contributed by atoms with van der Waals surface area (Å²) in [5.41, 5.74) is 2.38. The molecule has 0 aliphatic heterocycles. The van der Waals surface area contributed by atoms with E-state index in [1.807, 2.05) is 47.4 Å². The Balaban J connectivity index is 1.34. The van der Waals surface area contributed by atoms with Crippen LogP contribution < -0.4 is 4.74 Å². The highest BCUT2D eigenvalue weighted by molar-refractivity contribution is 9.10. The Morgan fingerprint density at radius 1 is 1.23 bits per heavy atom. The van der Waals surface area contributed by atoms with Crippen LogP contribution in [-0.2, 0) is 17.8 Å². The second kappa shape index (κ2) is 8.19. The number of amides is 1. The second-order valence-corrected chi connectivity index (χ2v) is 8.39. The van der Waals surface area contributed by atoms with E-state index in [9.17, 15) is 4.79 Å². The van der Waals surface area contributed by atoms with E-state index in [-0.39, 0.29) is 18.4 Å². The Hall–Kier alpha value is -3.13. The lowest BCUT2D eigenvalue weighted by Crippen LogP contribution is -2.33. The first-order valence-electron chi connectivity index (χ1n) is 10.0. The molecule has 0 unspecified atom stereocenters. The topological polar surface area (TPSA) is 81.6 Å². The average molecular weight is 482 g/mol. The predicted molar refractivity (Wildman–Crippen MR) is 117 cm³/mol. The molecule has 2 aromatic carbocycles. The lowest BCUT2D eigenvalue weighted by molar-refractivity contribution is -0.132. The molecule has 2 heterocycles. The minimum absolute atomic E-state index is 0.0154. The minimum atomic E-state index is 0.0154. The van der Waals surface area contributed by atoms with Crippen LogP contribution in [0.15, 0.2) is 62.0 Å². The average Bonchev–Trinajstić information content (AvgIpc) is 3.39. The van der Waals surface area contributed by atoms with Crippen LogP contribution in [0.25, 0.3) is 22.4 Å². The summed E-state index contributed by atoms with van der Waals surface area (Å²) in [6, 6.07) is 13.5. The maximum absolute atomic E-state index is 13.2. The summed E-state index contributed by atoms with van der Waals surface area (Å²) in [5, 5.41) is 9.24. The fraction of sp³-hybridized carbons (Fsp3) is 0.261. The van der Waals surface area contributed by atoms with Crippen molar-refractivity contribution in [3.05, 3.63) is 64.7 Å². The molecular formula is C23H20BrN3O4. The molecular weight excluding hydrogens is 462 g/mol. The predicted octanol–water partition coefficient (Wildman–Crippen LogP) is 4.99. The van der Waals surface area contributed by atoms with Crippen molar-refractivity contribution in [3.63, 3.8) is 0 Å². The summed E-state index contributed by atoms with van der Waals surface area (Å²) in [6.45, 7) is 0.296. The summed E-state index contributed by atoms with van der Waals surface area (Å²) in [5.74, 6) is 1.59. The Kier molecular flexibility index (Phi) is 5.23. The van der Waals surface area contributed by atoms with E-state index in [4.69, 9.17) is 13.6 Å². The van der Waals surface area contributed by atoms with E-state index < -0.39 is 0 Å². The van der Waals surface area contributed by atoms with Gasteiger partial charge in [-0.15, -0.1) is 10.2 Å². The van der Waals surface area contributed by atoms with Crippen LogP contribution in [0.1, 0.15) is 24.3 Å². The standard InChI is InChI=1S/C23H20BrN3O4/c1-29-16-8-9-17-14(13-30-20(17)11-16)10-22(28)27(15-6-7-15)12-21-25-26-23(31-21)18-4-2-3-5-19(18)24/h2-5,8-9,11,13,15H,6-7,10,12H2,1H3. The molecule has 0 saturated heterocycles. The van der Waals surface area contributed by atoms with E-state index >= 15 is 0 Å². The normalized spacial score (nSPS) is 13.5. The van der Waals surface area contributed by atoms with Crippen LogP contribution in [0.3, 0.4) is 0 Å². The highest BCUT2D eigenvalue weighted by atomic mass is 79.9. The zero-order chi connectivity index (χ0) is 21.4. The first-order valence-corrected chi connectivity index (χ1v) is 10.8. The quantitative estimate of drug-likeness (QED) is 0.369. The van der Waals surface area contributed by atoms with Gasteiger partial charge in [-0.25, -0.2) is 0 Å². The Labute approximate surface area is 187 Å². The van der Waals surface area contributed by atoms with Gasteiger partial charge in [-0.2, -0.15) is 0 Å². The van der Waals surface area contributed by atoms with Gasteiger partial charge in [0.15, 0.2) is 0 Å². The number of halogens is 1. The van der Waals surface area contributed by atoms with Crippen molar-refractivity contribution < 1.29 is 18.4 Å². The maximum Gasteiger partial charge on any atom is 0.248 e. The van der Waals surface area contributed by atoms with E-state index in [1.165, 1.54) is 0 Å². The Bertz CT molecular complexity index is 1240. The zero-order valence-electron chi connectivity index (χ0n) is 16.9. The van der Waals surface area contributed by atoms with Crippen LogP contribution in [-0.4, -0.2) is 34.2 Å². The fourth-order valence-electron chi connectivity index (χ4n) is 3.61. The molecule has 2 aromatic heterocycles. The summed E-state index contributed by atoms with van der Waals surface area (Å²) in [4.78, 5) is 15.0. The van der Waals surface area contributed by atoms with Crippen LogP contribution in [0, 0.1) is 0 Å². The number of aromatic nitrogens is 2. The lowest BCUT2D eigenvalue weighted by Gasteiger charge is -2.20. The number of methoxy groups -OCH3 is 1. The Morgan fingerprint density at radius 3 is 2.84 bits per heavy atom. The Morgan fingerprint density at radius 2 is 2.06 bits per heavy atom. The van der Waals surface area contributed by atoms with Crippen molar-refractivity contribution in [2.75, 3.05) is 7.11 Å². The molecule has 1 aliphatic carbocycles. The van der Waals surface area contributed by atoms with Gasteiger partial charge in [-0.05, 0) is 53.0 Å². The van der Waals surface area contributed by atoms with Gasteiger partial charge in [0.2, 0.25) is 17.7 Å². The minimum Gasteiger partial charge on any atom is -0.497 e. The van der Waals surface area contributed by atoms with E-state index in [0.29, 0.717) is 23.9 Å². The highest BCUT2D eigenvalue weighted by Crippen LogP contribution is 2.32. The number of nitrogens with zero attached hydrogens (tertiary/aromatic N) is 3. The van der Waals surface area contributed by atoms with Crippen molar-refractivity contribution in [2.24, 2.45) is 0 Å². The molecule has 7 nitrogen and oxygen atoms in total. The first-order chi connectivity index (χ1) is 15.1. The summed E-state index contributed by atoms with van der Waals surface area (Å²) in [7, 11) is 1.61. The fourth-order valence-corrected chi connectivity index (χ4v) is 4.06. The summed E-state index contributed by atoms with van der Waals surface area (Å²) in [6.07, 6.45) is 3.87. The largest absolute Gasteiger partial charge is 0.497 e. The van der Waals surface area contributed by atoms with Crippen molar-refractivity contribution in [3.8, 4) is 17.2 Å². The highest BCUT2D eigenvalue weighted by Gasteiger charge is 2.34. The third-order valence-corrected chi connectivity index (χ3v) is 6.08. The van der Waals surface area contributed by atoms with Crippen molar-refractivity contribution in [2.45, 2.75) is 31.8 Å². The molecule has 31 heavy (non-hydrogen) atoms. The molecule has 0 spiro atoms. The molecule has 1 saturated carbocycles. The third-order valence-electron chi connectivity index (χ3n) is 5.39. The lowest BCUT2D eigenvalue weighted by atomic mass is 10.1. The van der Waals surface area contributed by atoms with Gasteiger partial charge in [0.1, 0.15) is 11.3 Å². The number of rotatable bonds is 7. The number of furan rings is 1. The van der Waals surface area contributed by atoms with E-state index in [1.54, 1.807) is 13.4 Å². The van der Waals surface area contributed by atoms with Crippen molar-refractivity contribution >= 4 is 32.8 Å². The number of carbonyl (C=O) groups is 1. The van der Waals surface area contributed by atoms with Crippen LogP contribution in [0.2, 0.25) is 0 Å². The molecule has 1 amide bonds. The molecule has 8 heteroatoms.